The Bertz CT molecular complexity index is 806. The van der Waals surface area contributed by atoms with E-state index < -0.39 is 0 Å². The molecule has 5 heteroatoms. The molecule has 0 fully saturated rings. The van der Waals surface area contributed by atoms with Gasteiger partial charge >= 0.3 is 5.82 Å². The largest absolute Gasteiger partial charge is 0.497 e. The Morgan fingerprint density at radius 3 is 1.78 bits per heavy atom. The summed E-state index contributed by atoms with van der Waals surface area (Å²) in [5.74, 6) is 3.61. The van der Waals surface area contributed by atoms with Crippen LogP contribution in [0.2, 0.25) is 0 Å². The minimum Gasteiger partial charge on any atom is -0.497 e. The lowest BCUT2D eigenvalue weighted by Crippen LogP contribution is -2.32. The molecule has 0 aliphatic rings. The van der Waals surface area contributed by atoms with E-state index in [1.54, 1.807) is 14.2 Å². The molecule has 0 unspecified atom stereocenters. The first kappa shape index (κ1) is 15.1. The van der Waals surface area contributed by atoms with Gasteiger partial charge in [0.05, 0.1) is 39.4 Å². The Balaban J connectivity index is 2.04. The van der Waals surface area contributed by atoms with Crippen LogP contribution in [0, 0.1) is 0 Å². The van der Waals surface area contributed by atoms with Gasteiger partial charge in [0.15, 0.2) is 0 Å². The van der Waals surface area contributed by atoms with Crippen LogP contribution in [-0.4, -0.2) is 24.0 Å². The summed E-state index contributed by atoms with van der Waals surface area (Å²) in [4.78, 5) is 0. The summed E-state index contributed by atoms with van der Waals surface area (Å²) in [5.41, 5.74) is 2.13. The van der Waals surface area contributed by atoms with Gasteiger partial charge in [-0.25, -0.2) is 4.57 Å². The van der Waals surface area contributed by atoms with Crippen LogP contribution in [0.3, 0.4) is 0 Å². The van der Waals surface area contributed by atoms with Gasteiger partial charge in [0.1, 0.15) is 11.5 Å². The molecule has 0 aliphatic heterocycles. The molecule has 1 heterocycles. The van der Waals surface area contributed by atoms with Crippen LogP contribution >= 0.6 is 0 Å². The molecule has 23 heavy (non-hydrogen) atoms. The van der Waals surface area contributed by atoms with E-state index in [0.29, 0.717) is 0 Å². The van der Waals surface area contributed by atoms with Gasteiger partial charge in [-0.15, -0.1) is 4.68 Å². The third-order valence-corrected chi connectivity index (χ3v) is 3.88. The van der Waals surface area contributed by atoms with Crippen molar-refractivity contribution in [2.45, 2.75) is 0 Å². The maximum absolute atomic E-state index is 5.22. The number of hydrogen-bond acceptors (Lipinski definition) is 3. The van der Waals surface area contributed by atoms with Gasteiger partial charge in [-0.2, -0.15) is 0 Å². The zero-order valence-electron chi connectivity index (χ0n) is 13.8. The molecule has 1 aromatic heterocycles. The fraction of sp³-hybridized carbons (Fsp3) is 0.222. The summed E-state index contributed by atoms with van der Waals surface area (Å²) in [5, 5.41) is 4.66. The van der Waals surface area contributed by atoms with Gasteiger partial charge in [-0.3, -0.25) is 0 Å². The van der Waals surface area contributed by atoms with Crippen LogP contribution in [0.1, 0.15) is 0 Å². The second-order valence-corrected chi connectivity index (χ2v) is 5.29. The Morgan fingerprint density at radius 2 is 1.30 bits per heavy atom. The molecular weight excluding hydrogens is 290 g/mol. The van der Waals surface area contributed by atoms with Crippen molar-refractivity contribution < 1.29 is 14.0 Å². The highest BCUT2D eigenvalue weighted by molar-refractivity contribution is 5.58. The zero-order valence-corrected chi connectivity index (χ0v) is 13.8. The molecule has 0 aliphatic carbocycles. The highest BCUT2D eigenvalue weighted by Gasteiger charge is 2.23. The molecule has 0 N–H and O–H groups in total. The third kappa shape index (κ3) is 2.77. The van der Waals surface area contributed by atoms with E-state index in [0.717, 1.165) is 34.3 Å². The minimum atomic E-state index is 0.836. The Labute approximate surface area is 135 Å². The van der Waals surface area contributed by atoms with E-state index in [4.69, 9.17) is 9.47 Å². The van der Waals surface area contributed by atoms with Crippen LogP contribution in [0.15, 0.2) is 48.5 Å². The standard InChI is InChI=1S/C18H20N3O2/c1-20-17(13-5-9-15(22-3)10-6-13)19-21(2)18(20)14-7-11-16(23-4)12-8-14/h5-12H,1-4H3/q+1. The molecule has 0 saturated carbocycles. The van der Waals surface area contributed by atoms with E-state index in [9.17, 15) is 0 Å². The number of ether oxygens (including phenoxy) is 2. The summed E-state index contributed by atoms with van der Waals surface area (Å²) in [7, 11) is 7.30. The smallest absolute Gasteiger partial charge is 0.309 e. The normalized spacial score (nSPS) is 10.6. The molecular formula is C18H20N3O2+. The molecule has 3 rings (SSSR count). The van der Waals surface area contributed by atoms with Crippen LogP contribution in [0.25, 0.3) is 22.8 Å². The molecule has 2 aromatic carbocycles. The topological polar surface area (TPSA) is 40.2 Å². The molecule has 5 nitrogen and oxygen atoms in total. The number of hydrogen-bond donors (Lipinski definition) is 0. The first-order chi connectivity index (χ1) is 11.1. The van der Waals surface area contributed by atoms with Crippen LogP contribution in [0.4, 0.5) is 0 Å². The van der Waals surface area contributed by atoms with Gasteiger partial charge < -0.3 is 9.47 Å². The SMILES string of the molecule is COc1ccc(-c2nn(C)c(-c3ccc(OC)cc3)[n+]2C)cc1. The highest BCUT2D eigenvalue weighted by atomic mass is 16.5. The Morgan fingerprint density at radius 1 is 0.826 bits per heavy atom. The molecule has 0 amide bonds. The maximum Gasteiger partial charge on any atom is 0.309 e. The zero-order chi connectivity index (χ0) is 16.4. The fourth-order valence-electron chi connectivity index (χ4n) is 2.69. The maximum atomic E-state index is 5.22. The number of rotatable bonds is 4. The summed E-state index contributed by atoms with van der Waals surface area (Å²) < 4.78 is 14.4. The molecule has 0 spiro atoms. The monoisotopic (exact) mass is 310 g/mol. The van der Waals surface area contributed by atoms with E-state index in [1.807, 2.05) is 67.3 Å². The van der Waals surface area contributed by atoms with E-state index in [2.05, 4.69) is 9.67 Å². The van der Waals surface area contributed by atoms with Crippen molar-refractivity contribution >= 4 is 0 Å². The third-order valence-electron chi connectivity index (χ3n) is 3.88. The molecule has 0 atom stereocenters. The average Bonchev–Trinajstić information content (AvgIpc) is 2.89. The fourth-order valence-corrected chi connectivity index (χ4v) is 2.69. The van der Waals surface area contributed by atoms with Gasteiger partial charge in [-0.05, 0) is 48.5 Å². The van der Waals surface area contributed by atoms with Crippen molar-refractivity contribution in [3.05, 3.63) is 48.5 Å². The van der Waals surface area contributed by atoms with E-state index >= 15 is 0 Å². The number of aromatic nitrogens is 3. The quantitative estimate of drug-likeness (QED) is 0.696. The first-order valence-electron chi connectivity index (χ1n) is 7.36. The predicted octanol–water partition coefficient (Wildman–Crippen LogP) is 2.60. The molecule has 0 saturated heterocycles. The van der Waals surface area contributed by atoms with Gasteiger partial charge in [0.2, 0.25) is 0 Å². The lowest BCUT2D eigenvalue weighted by Gasteiger charge is -2.02. The van der Waals surface area contributed by atoms with Crippen LogP contribution in [0.5, 0.6) is 11.5 Å². The van der Waals surface area contributed by atoms with Gasteiger partial charge in [0, 0.05) is 5.10 Å². The minimum absolute atomic E-state index is 0.836. The van der Waals surface area contributed by atoms with Gasteiger partial charge in [-0.1, -0.05) is 0 Å². The molecule has 0 bridgehead atoms. The number of methoxy groups -OCH3 is 2. The van der Waals surface area contributed by atoms with Gasteiger partial charge in [0.25, 0.3) is 5.82 Å². The first-order valence-corrected chi connectivity index (χ1v) is 7.36. The van der Waals surface area contributed by atoms with Crippen molar-refractivity contribution in [1.29, 1.82) is 0 Å². The predicted molar refractivity (Wildman–Crippen MR) is 88.4 cm³/mol. The second-order valence-electron chi connectivity index (χ2n) is 5.29. The van der Waals surface area contributed by atoms with Crippen molar-refractivity contribution in [2.75, 3.05) is 14.2 Å². The number of nitrogens with zero attached hydrogens (tertiary/aromatic N) is 3. The number of benzene rings is 2. The summed E-state index contributed by atoms with van der Waals surface area (Å²) in [6.07, 6.45) is 0. The van der Waals surface area contributed by atoms with Crippen molar-refractivity contribution in [3.63, 3.8) is 0 Å². The summed E-state index contributed by atoms with van der Waals surface area (Å²) >= 11 is 0. The summed E-state index contributed by atoms with van der Waals surface area (Å²) in [6.45, 7) is 0. The van der Waals surface area contributed by atoms with Crippen LogP contribution < -0.4 is 14.0 Å². The second kappa shape index (κ2) is 6.12. The van der Waals surface area contributed by atoms with Crippen molar-refractivity contribution in [2.24, 2.45) is 14.1 Å². The lowest BCUT2D eigenvalue weighted by atomic mass is 10.2. The van der Waals surface area contributed by atoms with Crippen molar-refractivity contribution in [3.8, 4) is 34.3 Å². The van der Waals surface area contributed by atoms with E-state index in [1.165, 1.54) is 0 Å². The molecule has 3 aromatic rings. The van der Waals surface area contributed by atoms with E-state index in [-0.39, 0.29) is 0 Å². The summed E-state index contributed by atoms with van der Waals surface area (Å²) in [6, 6.07) is 15.9. The van der Waals surface area contributed by atoms with Crippen molar-refractivity contribution in [1.82, 2.24) is 9.78 Å². The Kier molecular flexibility index (Phi) is 4.02. The van der Waals surface area contributed by atoms with Crippen LogP contribution in [-0.2, 0) is 14.1 Å². The number of aryl methyl sites for hydroxylation is 1. The average molecular weight is 310 g/mol. The highest BCUT2D eigenvalue weighted by Crippen LogP contribution is 2.23. The molecule has 0 radical (unpaired) electrons. The lowest BCUT2D eigenvalue weighted by molar-refractivity contribution is -0.649. The molecule has 118 valence electrons. The Hall–Kier alpha value is -2.82.